The SMILES string of the molecule is CCCC1NCC(=O)N1C1CCOC(C)(C)C1. The number of amides is 1. The number of carbonyl (C=O) groups excluding carboxylic acids is 1. The molecular formula is C13H24N2O2. The van der Waals surface area contributed by atoms with Crippen LogP contribution in [-0.2, 0) is 9.53 Å². The minimum atomic E-state index is -0.0947. The largest absolute Gasteiger partial charge is 0.375 e. The van der Waals surface area contributed by atoms with Gasteiger partial charge < -0.3 is 9.64 Å². The van der Waals surface area contributed by atoms with Crippen LogP contribution in [0, 0.1) is 0 Å². The summed E-state index contributed by atoms with van der Waals surface area (Å²) in [5.74, 6) is 0.256. The Labute approximate surface area is 104 Å². The first-order chi connectivity index (χ1) is 8.03. The molecule has 4 nitrogen and oxygen atoms in total. The molecule has 2 saturated heterocycles. The average molecular weight is 240 g/mol. The van der Waals surface area contributed by atoms with E-state index in [0.29, 0.717) is 12.6 Å². The van der Waals surface area contributed by atoms with Gasteiger partial charge in [0.25, 0.3) is 0 Å². The van der Waals surface area contributed by atoms with Gasteiger partial charge in [-0.1, -0.05) is 13.3 Å². The predicted octanol–water partition coefficient (Wildman–Crippen LogP) is 1.50. The van der Waals surface area contributed by atoms with Crippen molar-refractivity contribution >= 4 is 5.91 Å². The fourth-order valence-corrected chi connectivity index (χ4v) is 2.98. The molecule has 0 bridgehead atoms. The van der Waals surface area contributed by atoms with Gasteiger partial charge in [-0.3, -0.25) is 10.1 Å². The van der Waals surface area contributed by atoms with Gasteiger partial charge in [0.1, 0.15) is 0 Å². The van der Waals surface area contributed by atoms with E-state index in [9.17, 15) is 4.79 Å². The lowest BCUT2D eigenvalue weighted by molar-refractivity contribution is -0.137. The topological polar surface area (TPSA) is 41.6 Å². The van der Waals surface area contributed by atoms with Crippen LogP contribution in [0.3, 0.4) is 0 Å². The molecule has 4 heteroatoms. The van der Waals surface area contributed by atoms with Crippen LogP contribution in [0.1, 0.15) is 46.5 Å². The Morgan fingerprint density at radius 2 is 2.29 bits per heavy atom. The van der Waals surface area contributed by atoms with Gasteiger partial charge in [-0.15, -0.1) is 0 Å². The Kier molecular flexibility index (Phi) is 3.73. The molecule has 98 valence electrons. The van der Waals surface area contributed by atoms with E-state index in [4.69, 9.17) is 4.74 Å². The zero-order valence-electron chi connectivity index (χ0n) is 11.2. The van der Waals surface area contributed by atoms with E-state index in [1.165, 1.54) is 0 Å². The molecule has 1 amide bonds. The second-order valence-corrected chi connectivity index (χ2v) is 5.74. The van der Waals surface area contributed by atoms with Gasteiger partial charge in [0.05, 0.1) is 18.3 Å². The molecule has 2 aliphatic rings. The first-order valence-electron chi connectivity index (χ1n) is 6.72. The molecule has 0 radical (unpaired) electrons. The number of nitrogens with zero attached hydrogens (tertiary/aromatic N) is 1. The quantitative estimate of drug-likeness (QED) is 0.813. The van der Waals surface area contributed by atoms with E-state index in [1.54, 1.807) is 0 Å². The van der Waals surface area contributed by atoms with Crippen LogP contribution in [0.2, 0.25) is 0 Å². The van der Waals surface area contributed by atoms with E-state index < -0.39 is 0 Å². The summed E-state index contributed by atoms with van der Waals surface area (Å²) in [5.41, 5.74) is -0.0947. The average Bonchev–Trinajstić information content (AvgIpc) is 2.59. The summed E-state index contributed by atoms with van der Waals surface area (Å²) in [4.78, 5) is 14.1. The molecule has 2 atom stereocenters. The summed E-state index contributed by atoms with van der Waals surface area (Å²) in [6.45, 7) is 7.66. The molecule has 0 aromatic carbocycles. The maximum atomic E-state index is 12.0. The molecule has 2 rings (SSSR count). The Morgan fingerprint density at radius 1 is 1.53 bits per heavy atom. The summed E-state index contributed by atoms with van der Waals surface area (Å²) in [6, 6.07) is 0.345. The van der Waals surface area contributed by atoms with Crippen molar-refractivity contribution in [2.24, 2.45) is 0 Å². The van der Waals surface area contributed by atoms with Crippen LogP contribution in [0.15, 0.2) is 0 Å². The number of rotatable bonds is 3. The standard InChI is InChI=1S/C13H24N2O2/c1-4-5-11-14-9-12(16)15(11)10-6-7-17-13(2,3)8-10/h10-11,14H,4-9H2,1-3H3. The van der Waals surface area contributed by atoms with E-state index >= 15 is 0 Å². The molecule has 0 aromatic rings. The molecule has 17 heavy (non-hydrogen) atoms. The minimum Gasteiger partial charge on any atom is -0.375 e. The van der Waals surface area contributed by atoms with Crippen LogP contribution in [0.25, 0.3) is 0 Å². The normalized spacial score (nSPS) is 33.1. The zero-order valence-corrected chi connectivity index (χ0v) is 11.2. The third-order valence-corrected chi connectivity index (χ3v) is 3.74. The first-order valence-corrected chi connectivity index (χ1v) is 6.72. The van der Waals surface area contributed by atoms with Gasteiger partial charge in [0.2, 0.25) is 5.91 Å². The van der Waals surface area contributed by atoms with Crippen molar-refractivity contribution < 1.29 is 9.53 Å². The summed E-state index contributed by atoms with van der Waals surface area (Å²) in [7, 11) is 0. The second-order valence-electron chi connectivity index (χ2n) is 5.74. The maximum absolute atomic E-state index is 12.0. The highest BCUT2D eigenvalue weighted by Crippen LogP contribution is 2.30. The van der Waals surface area contributed by atoms with Gasteiger partial charge >= 0.3 is 0 Å². The first kappa shape index (κ1) is 12.8. The summed E-state index contributed by atoms with van der Waals surface area (Å²) in [5, 5.41) is 3.32. The van der Waals surface area contributed by atoms with Gasteiger partial charge in [0, 0.05) is 12.6 Å². The van der Waals surface area contributed by atoms with Crippen LogP contribution >= 0.6 is 0 Å². The lowest BCUT2D eigenvalue weighted by atomic mass is 9.92. The van der Waals surface area contributed by atoms with E-state index in [2.05, 4.69) is 31.0 Å². The lowest BCUT2D eigenvalue weighted by Crippen LogP contribution is -2.50. The number of ether oxygens (including phenoxy) is 1. The number of carbonyl (C=O) groups is 1. The molecule has 2 aliphatic heterocycles. The Bertz CT molecular complexity index is 291. The molecule has 0 saturated carbocycles. The highest BCUT2D eigenvalue weighted by molar-refractivity contribution is 5.81. The second kappa shape index (κ2) is 4.94. The summed E-state index contributed by atoms with van der Waals surface area (Å²) >= 11 is 0. The maximum Gasteiger partial charge on any atom is 0.238 e. The molecule has 2 unspecified atom stereocenters. The molecule has 0 spiro atoms. The fraction of sp³-hybridized carbons (Fsp3) is 0.923. The van der Waals surface area contributed by atoms with Crippen molar-refractivity contribution in [1.29, 1.82) is 0 Å². The van der Waals surface area contributed by atoms with Crippen LogP contribution in [0.4, 0.5) is 0 Å². The minimum absolute atomic E-state index is 0.0947. The third kappa shape index (κ3) is 2.80. The van der Waals surface area contributed by atoms with Gasteiger partial charge in [0.15, 0.2) is 0 Å². The summed E-state index contributed by atoms with van der Waals surface area (Å²) in [6.07, 6.45) is 4.31. The highest BCUT2D eigenvalue weighted by atomic mass is 16.5. The Balaban J connectivity index is 2.05. The third-order valence-electron chi connectivity index (χ3n) is 3.74. The molecule has 1 N–H and O–H groups in total. The monoisotopic (exact) mass is 240 g/mol. The zero-order chi connectivity index (χ0) is 12.5. The van der Waals surface area contributed by atoms with Crippen LogP contribution in [0.5, 0.6) is 0 Å². The summed E-state index contributed by atoms with van der Waals surface area (Å²) < 4.78 is 5.73. The molecule has 0 aliphatic carbocycles. The van der Waals surface area contributed by atoms with Gasteiger partial charge in [-0.05, 0) is 33.1 Å². The van der Waals surface area contributed by atoms with Crippen molar-refractivity contribution in [3.63, 3.8) is 0 Å². The number of nitrogens with one attached hydrogen (secondary N) is 1. The van der Waals surface area contributed by atoms with Crippen molar-refractivity contribution in [3.8, 4) is 0 Å². The predicted molar refractivity (Wildman–Crippen MR) is 66.6 cm³/mol. The van der Waals surface area contributed by atoms with Gasteiger partial charge in [-0.2, -0.15) is 0 Å². The smallest absolute Gasteiger partial charge is 0.238 e. The van der Waals surface area contributed by atoms with Crippen LogP contribution in [-0.4, -0.2) is 41.8 Å². The lowest BCUT2D eigenvalue weighted by Gasteiger charge is -2.41. The van der Waals surface area contributed by atoms with Crippen molar-refractivity contribution in [1.82, 2.24) is 10.2 Å². The molecule has 0 aromatic heterocycles. The molecular weight excluding hydrogens is 216 g/mol. The van der Waals surface area contributed by atoms with Gasteiger partial charge in [-0.25, -0.2) is 0 Å². The number of hydrogen-bond donors (Lipinski definition) is 1. The molecule has 2 heterocycles. The highest BCUT2D eigenvalue weighted by Gasteiger charge is 2.39. The Morgan fingerprint density at radius 3 is 2.94 bits per heavy atom. The fourth-order valence-electron chi connectivity index (χ4n) is 2.98. The van der Waals surface area contributed by atoms with Crippen LogP contribution < -0.4 is 5.32 Å². The van der Waals surface area contributed by atoms with E-state index in [1.807, 2.05) is 0 Å². The van der Waals surface area contributed by atoms with Crippen molar-refractivity contribution in [2.75, 3.05) is 13.2 Å². The van der Waals surface area contributed by atoms with Crippen molar-refractivity contribution in [2.45, 2.75) is 64.3 Å². The number of hydrogen-bond acceptors (Lipinski definition) is 3. The van der Waals surface area contributed by atoms with E-state index in [-0.39, 0.29) is 17.7 Å². The Hall–Kier alpha value is -0.610. The van der Waals surface area contributed by atoms with E-state index in [0.717, 1.165) is 32.3 Å². The van der Waals surface area contributed by atoms with Crippen molar-refractivity contribution in [3.05, 3.63) is 0 Å². The molecule has 2 fully saturated rings.